The highest BCUT2D eigenvalue weighted by atomic mass is 16.6. The largest absolute Gasteiger partial charge is 0.463 e. The molecule has 4 bridgehead atoms. The fraction of sp³-hybridized carbons (Fsp3) is 0.950. The number of esters is 1. The maximum absolute atomic E-state index is 12.7. The van der Waals surface area contributed by atoms with E-state index in [0.717, 1.165) is 47.8 Å². The minimum atomic E-state index is -0.159. The van der Waals surface area contributed by atoms with Crippen LogP contribution in [0.4, 0.5) is 0 Å². The van der Waals surface area contributed by atoms with Crippen molar-refractivity contribution in [2.45, 2.75) is 39.2 Å². The van der Waals surface area contributed by atoms with Gasteiger partial charge in [0.15, 0.2) is 0 Å². The van der Waals surface area contributed by atoms with E-state index < -0.39 is 0 Å². The summed E-state index contributed by atoms with van der Waals surface area (Å²) in [4.78, 5) is 12.7. The molecule has 4 fully saturated rings. The zero-order valence-corrected chi connectivity index (χ0v) is 15.4. The summed E-state index contributed by atoms with van der Waals surface area (Å²) in [6.07, 6.45) is 3.60. The molecule has 0 aromatic carbocycles. The third-order valence-electron chi connectivity index (χ3n) is 8.24. The smallest absolute Gasteiger partial charge is 0.309 e. The molecule has 0 N–H and O–H groups in total. The van der Waals surface area contributed by atoms with Gasteiger partial charge in [0.05, 0.1) is 12.5 Å². The van der Waals surface area contributed by atoms with Gasteiger partial charge in [-0.2, -0.15) is 0 Å². The lowest BCUT2D eigenvalue weighted by Gasteiger charge is -2.43. The summed E-state index contributed by atoms with van der Waals surface area (Å²) in [6, 6.07) is 0. The van der Waals surface area contributed by atoms with Crippen LogP contribution >= 0.6 is 0 Å². The summed E-state index contributed by atoms with van der Waals surface area (Å²) in [5.74, 6) is 6.75. The van der Waals surface area contributed by atoms with Gasteiger partial charge in [0.25, 0.3) is 0 Å². The molecule has 10 unspecified atom stereocenters. The molecule has 0 aromatic rings. The van der Waals surface area contributed by atoms with Crippen molar-refractivity contribution < 1.29 is 19.0 Å². The fourth-order valence-corrected chi connectivity index (χ4v) is 7.15. The second kappa shape index (κ2) is 6.28. The van der Waals surface area contributed by atoms with Gasteiger partial charge in [-0.15, -0.1) is 0 Å². The minimum absolute atomic E-state index is 0.0163. The Balaban J connectivity index is 1.39. The number of carbonyl (C=O) groups excluding carboxylic acids is 1. The quantitative estimate of drug-likeness (QED) is 0.552. The number of methoxy groups -OCH3 is 2. The van der Waals surface area contributed by atoms with E-state index in [4.69, 9.17) is 14.2 Å². The van der Waals surface area contributed by atoms with Gasteiger partial charge in [-0.1, -0.05) is 13.8 Å². The van der Waals surface area contributed by atoms with E-state index in [-0.39, 0.29) is 18.0 Å². The predicted octanol–water partition coefficient (Wildman–Crippen LogP) is 3.00. The van der Waals surface area contributed by atoms with E-state index >= 15 is 0 Å². The number of carbonyl (C=O) groups is 1. The van der Waals surface area contributed by atoms with Crippen molar-refractivity contribution in [2.24, 2.45) is 53.3 Å². The highest BCUT2D eigenvalue weighted by Crippen LogP contribution is 2.71. The third kappa shape index (κ3) is 2.36. The zero-order chi connectivity index (χ0) is 17.0. The van der Waals surface area contributed by atoms with Crippen molar-refractivity contribution in [1.82, 2.24) is 0 Å². The van der Waals surface area contributed by atoms with Crippen molar-refractivity contribution in [1.29, 1.82) is 0 Å². The molecule has 4 saturated carbocycles. The Morgan fingerprint density at radius 2 is 1.67 bits per heavy atom. The lowest BCUT2D eigenvalue weighted by atomic mass is 9.62. The van der Waals surface area contributed by atoms with E-state index in [0.29, 0.717) is 19.1 Å². The van der Waals surface area contributed by atoms with Crippen LogP contribution in [0.15, 0.2) is 0 Å². The molecule has 136 valence electrons. The Kier molecular flexibility index (Phi) is 4.41. The normalized spacial score (nSPS) is 49.4. The van der Waals surface area contributed by atoms with Crippen molar-refractivity contribution >= 4 is 5.97 Å². The summed E-state index contributed by atoms with van der Waals surface area (Å²) in [7, 11) is 3.28. The van der Waals surface area contributed by atoms with Crippen LogP contribution in [0.5, 0.6) is 0 Å². The van der Waals surface area contributed by atoms with Gasteiger partial charge < -0.3 is 14.2 Å². The maximum Gasteiger partial charge on any atom is 0.309 e. The number of hydrogen-bond donors (Lipinski definition) is 0. The Morgan fingerprint density at radius 1 is 0.958 bits per heavy atom. The molecule has 4 rings (SSSR count). The van der Waals surface area contributed by atoms with Crippen LogP contribution in [0.25, 0.3) is 0 Å². The van der Waals surface area contributed by atoms with Crippen LogP contribution in [0.3, 0.4) is 0 Å². The first-order chi connectivity index (χ1) is 11.6. The Bertz CT molecular complexity index is 492. The first-order valence-electron chi connectivity index (χ1n) is 9.75. The zero-order valence-electron chi connectivity index (χ0n) is 15.4. The molecule has 0 aromatic heterocycles. The van der Waals surface area contributed by atoms with Crippen molar-refractivity contribution in [3.63, 3.8) is 0 Å². The van der Waals surface area contributed by atoms with Crippen LogP contribution in [0.2, 0.25) is 0 Å². The molecule has 4 aliphatic rings. The molecule has 0 heterocycles. The summed E-state index contributed by atoms with van der Waals surface area (Å²) in [6.45, 7) is 5.68. The standard InChI is InChI=1S/C20H32O4/c1-10-11(2)15-7-14(10)18-12-5-16(19(15)18)17(6-12)20(21)24-9-13(23-4)8-22-3/h10-19H,5-9H2,1-4H3. The first kappa shape index (κ1) is 16.8. The molecule has 10 atom stereocenters. The molecule has 4 nitrogen and oxygen atoms in total. The maximum atomic E-state index is 12.7. The van der Waals surface area contributed by atoms with Crippen LogP contribution < -0.4 is 0 Å². The van der Waals surface area contributed by atoms with Gasteiger partial charge >= 0.3 is 5.97 Å². The average molecular weight is 336 g/mol. The van der Waals surface area contributed by atoms with Gasteiger partial charge in [0.1, 0.15) is 12.7 Å². The Labute approximate surface area is 145 Å². The van der Waals surface area contributed by atoms with Crippen molar-refractivity contribution in [3.05, 3.63) is 0 Å². The lowest BCUT2D eigenvalue weighted by Crippen LogP contribution is -2.41. The molecular weight excluding hydrogens is 304 g/mol. The molecule has 0 radical (unpaired) electrons. The monoisotopic (exact) mass is 336 g/mol. The van der Waals surface area contributed by atoms with Gasteiger partial charge in [0, 0.05) is 14.2 Å². The number of rotatable bonds is 6. The molecule has 4 heteroatoms. The molecular formula is C20H32O4. The highest BCUT2D eigenvalue weighted by molar-refractivity contribution is 5.73. The van der Waals surface area contributed by atoms with E-state index in [1.165, 1.54) is 12.8 Å². The SMILES string of the molecule is COCC(COC(=O)C1CC2CC1C1C3CC(C(C)C3C)C21)OC. The molecule has 0 saturated heterocycles. The van der Waals surface area contributed by atoms with Crippen LogP contribution in [-0.2, 0) is 19.0 Å². The van der Waals surface area contributed by atoms with Crippen LogP contribution in [0.1, 0.15) is 33.1 Å². The average Bonchev–Trinajstić information content (AvgIpc) is 3.30. The summed E-state index contributed by atoms with van der Waals surface area (Å²) in [5.41, 5.74) is 0. The topological polar surface area (TPSA) is 44.8 Å². The summed E-state index contributed by atoms with van der Waals surface area (Å²) >= 11 is 0. The highest BCUT2D eigenvalue weighted by Gasteiger charge is 2.66. The van der Waals surface area contributed by atoms with E-state index in [2.05, 4.69) is 13.8 Å². The summed E-state index contributed by atoms with van der Waals surface area (Å²) in [5, 5.41) is 0. The third-order valence-corrected chi connectivity index (χ3v) is 8.24. The van der Waals surface area contributed by atoms with Gasteiger partial charge in [-0.3, -0.25) is 4.79 Å². The number of ether oxygens (including phenoxy) is 3. The van der Waals surface area contributed by atoms with Crippen molar-refractivity contribution in [3.8, 4) is 0 Å². The number of fused-ring (bicyclic) bond motifs is 9. The van der Waals surface area contributed by atoms with Gasteiger partial charge in [-0.05, 0) is 66.6 Å². The second-order valence-electron chi connectivity index (χ2n) is 8.88. The van der Waals surface area contributed by atoms with Gasteiger partial charge in [0.2, 0.25) is 0 Å². The Morgan fingerprint density at radius 3 is 2.33 bits per heavy atom. The minimum Gasteiger partial charge on any atom is -0.463 e. The fourth-order valence-electron chi connectivity index (χ4n) is 7.15. The molecule has 4 aliphatic carbocycles. The molecule has 24 heavy (non-hydrogen) atoms. The lowest BCUT2D eigenvalue weighted by molar-refractivity contribution is -0.157. The molecule has 0 spiro atoms. The van der Waals surface area contributed by atoms with E-state index in [1.54, 1.807) is 14.2 Å². The second-order valence-corrected chi connectivity index (χ2v) is 8.88. The van der Waals surface area contributed by atoms with E-state index in [9.17, 15) is 4.79 Å². The first-order valence-corrected chi connectivity index (χ1v) is 9.75. The molecule has 0 amide bonds. The Hall–Kier alpha value is -0.610. The van der Waals surface area contributed by atoms with Crippen LogP contribution in [-0.4, -0.2) is 39.5 Å². The van der Waals surface area contributed by atoms with E-state index in [1.807, 2.05) is 0 Å². The number of hydrogen-bond acceptors (Lipinski definition) is 4. The van der Waals surface area contributed by atoms with Gasteiger partial charge in [-0.25, -0.2) is 0 Å². The van der Waals surface area contributed by atoms with Crippen molar-refractivity contribution in [2.75, 3.05) is 27.4 Å². The summed E-state index contributed by atoms with van der Waals surface area (Å²) < 4.78 is 16.0. The van der Waals surface area contributed by atoms with Crippen LogP contribution in [0, 0.1) is 53.3 Å². The predicted molar refractivity (Wildman–Crippen MR) is 90.2 cm³/mol. The molecule has 0 aliphatic heterocycles.